The molecule has 0 heterocycles. The minimum Gasteiger partial charge on any atom is -0.465 e. The Hall–Kier alpha value is -0.0500. The molecule has 1 aliphatic carbocycles. The van der Waals surface area contributed by atoms with Crippen LogP contribution >= 0.6 is 15.9 Å². The maximum Gasteiger partial charge on any atom is 0.319 e. The lowest BCUT2D eigenvalue weighted by molar-refractivity contribution is -0.143. The average Bonchev–Trinajstić information content (AvgIpc) is 2.17. The van der Waals surface area contributed by atoms with Gasteiger partial charge >= 0.3 is 5.97 Å². The minimum atomic E-state index is -0.0924. The van der Waals surface area contributed by atoms with Gasteiger partial charge in [0.05, 0.1) is 6.61 Å². The highest BCUT2D eigenvalue weighted by molar-refractivity contribution is 9.10. The van der Waals surface area contributed by atoms with Crippen LogP contribution in [0.25, 0.3) is 0 Å². The number of carbonyl (C=O) groups excluding carboxylic acids is 1. The van der Waals surface area contributed by atoms with E-state index in [1.807, 2.05) is 6.92 Å². The van der Waals surface area contributed by atoms with Gasteiger partial charge in [-0.1, -0.05) is 35.7 Å². The molecule has 0 bridgehead atoms. The average molecular weight is 263 g/mol. The fourth-order valence-corrected chi connectivity index (χ4v) is 2.77. The number of halogens is 1. The molecule has 0 aromatic heterocycles. The molecule has 3 heteroatoms. The smallest absolute Gasteiger partial charge is 0.319 e. The lowest BCUT2D eigenvalue weighted by atomic mass is 9.81. The Balaban J connectivity index is 2.42. The molecule has 1 saturated carbocycles. The zero-order chi connectivity index (χ0) is 10.6. The third-order valence-electron chi connectivity index (χ3n) is 2.90. The number of hydrogen-bond donors (Lipinski definition) is 0. The van der Waals surface area contributed by atoms with Crippen LogP contribution in [0.3, 0.4) is 0 Å². The van der Waals surface area contributed by atoms with E-state index < -0.39 is 0 Å². The van der Waals surface area contributed by atoms with E-state index >= 15 is 0 Å². The Kier molecular flexibility index (Phi) is 4.93. The van der Waals surface area contributed by atoms with Gasteiger partial charge in [-0.15, -0.1) is 0 Å². The molecule has 0 spiro atoms. The predicted molar refractivity (Wildman–Crippen MR) is 60.5 cm³/mol. The summed E-state index contributed by atoms with van der Waals surface area (Å²) in [6.45, 7) is 4.58. The first-order valence-electron chi connectivity index (χ1n) is 5.45. The van der Waals surface area contributed by atoms with Crippen molar-refractivity contribution in [3.63, 3.8) is 0 Å². The van der Waals surface area contributed by atoms with Crippen molar-refractivity contribution in [1.82, 2.24) is 0 Å². The van der Waals surface area contributed by atoms with Crippen LogP contribution in [0.5, 0.6) is 0 Å². The highest BCUT2D eigenvalue weighted by atomic mass is 79.9. The normalized spacial score (nSPS) is 29.6. The topological polar surface area (TPSA) is 26.3 Å². The Morgan fingerprint density at radius 1 is 1.57 bits per heavy atom. The van der Waals surface area contributed by atoms with Crippen LogP contribution < -0.4 is 0 Å². The van der Waals surface area contributed by atoms with Crippen LogP contribution in [0.15, 0.2) is 0 Å². The van der Waals surface area contributed by atoms with Gasteiger partial charge in [-0.05, 0) is 31.6 Å². The first-order valence-corrected chi connectivity index (χ1v) is 6.37. The summed E-state index contributed by atoms with van der Waals surface area (Å²) >= 11 is 3.46. The van der Waals surface area contributed by atoms with E-state index in [4.69, 9.17) is 4.74 Å². The number of carbonyl (C=O) groups is 1. The summed E-state index contributed by atoms with van der Waals surface area (Å²) in [5, 5.41) is 0. The highest BCUT2D eigenvalue weighted by Gasteiger charge is 2.30. The summed E-state index contributed by atoms with van der Waals surface area (Å²) in [5.41, 5.74) is 0. The second-order valence-electron chi connectivity index (χ2n) is 4.19. The summed E-state index contributed by atoms with van der Waals surface area (Å²) in [7, 11) is 0. The van der Waals surface area contributed by atoms with E-state index in [1.165, 1.54) is 12.8 Å². The summed E-state index contributed by atoms with van der Waals surface area (Å²) in [6, 6.07) is 0. The molecule has 1 rings (SSSR count). The molecular formula is C11H19BrO2. The molecule has 0 N–H and O–H groups in total. The molecule has 0 aromatic rings. The highest BCUT2D eigenvalue weighted by Crippen LogP contribution is 2.34. The summed E-state index contributed by atoms with van der Waals surface area (Å²) in [5.74, 6) is 1.13. The van der Waals surface area contributed by atoms with Crippen LogP contribution in [-0.4, -0.2) is 17.4 Å². The zero-order valence-electron chi connectivity index (χ0n) is 8.96. The maximum absolute atomic E-state index is 11.5. The van der Waals surface area contributed by atoms with Gasteiger partial charge in [0.15, 0.2) is 0 Å². The molecule has 0 saturated heterocycles. The molecule has 3 unspecified atom stereocenters. The summed E-state index contributed by atoms with van der Waals surface area (Å²) < 4.78 is 5.01. The van der Waals surface area contributed by atoms with Crippen LogP contribution in [0, 0.1) is 11.8 Å². The van der Waals surface area contributed by atoms with Crippen molar-refractivity contribution in [2.45, 2.75) is 44.4 Å². The van der Waals surface area contributed by atoms with Gasteiger partial charge in [-0.25, -0.2) is 0 Å². The molecule has 2 nitrogen and oxygen atoms in total. The second kappa shape index (κ2) is 5.74. The van der Waals surface area contributed by atoms with Crippen molar-refractivity contribution in [2.24, 2.45) is 11.8 Å². The number of ether oxygens (including phenoxy) is 1. The Bertz CT molecular complexity index is 194. The van der Waals surface area contributed by atoms with Crippen molar-refractivity contribution in [3.05, 3.63) is 0 Å². The third kappa shape index (κ3) is 3.26. The molecule has 1 fully saturated rings. The molecule has 0 radical (unpaired) electrons. The number of hydrogen-bond acceptors (Lipinski definition) is 2. The second-order valence-corrected chi connectivity index (χ2v) is 5.17. The Labute approximate surface area is 94.5 Å². The molecule has 0 aliphatic heterocycles. The first-order chi connectivity index (χ1) is 6.65. The van der Waals surface area contributed by atoms with E-state index in [2.05, 4.69) is 22.9 Å². The van der Waals surface area contributed by atoms with Crippen LogP contribution in [0.4, 0.5) is 0 Å². The van der Waals surface area contributed by atoms with Gasteiger partial charge in [0, 0.05) is 0 Å². The third-order valence-corrected chi connectivity index (χ3v) is 4.02. The number of rotatable bonds is 3. The monoisotopic (exact) mass is 262 g/mol. The molecular weight excluding hydrogens is 244 g/mol. The van der Waals surface area contributed by atoms with E-state index in [9.17, 15) is 4.79 Å². The first kappa shape index (κ1) is 12.0. The molecule has 14 heavy (non-hydrogen) atoms. The zero-order valence-corrected chi connectivity index (χ0v) is 10.5. The van der Waals surface area contributed by atoms with Crippen LogP contribution in [0.1, 0.15) is 39.5 Å². The van der Waals surface area contributed by atoms with E-state index in [0.29, 0.717) is 12.5 Å². The molecule has 82 valence electrons. The standard InChI is InChI=1S/C11H19BrO2/c1-3-14-11(13)10(12)9-6-4-5-8(2)7-9/h8-10H,3-7H2,1-2H3. The Morgan fingerprint density at radius 2 is 2.29 bits per heavy atom. The van der Waals surface area contributed by atoms with Gasteiger partial charge in [-0.3, -0.25) is 4.79 Å². The van der Waals surface area contributed by atoms with Crippen molar-refractivity contribution >= 4 is 21.9 Å². The number of alkyl halides is 1. The van der Waals surface area contributed by atoms with Gasteiger partial charge in [0.2, 0.25) is 0 Å². The van der Waals surface area contributed by atoms with Crippen molar-refractivity contribution < 1.29 is 9.53 Å². The molecule has 1 aliphatic rings. The molecule has 0 aromatic carbocycles. The maximum atomic E-state index is 11.5. The minimum absolute atomic E-state index is 0.0911. The SMILES string of the molecule is CCOC(=O)C(Br)C1CCCC(C)C1. The molecule has 3 atom stereocenters. The van der Waals surface area contributed by atoms with Gasteiger partial charge in [0.1, 0.15) is 4.83 Å². The summed E-state index contributed by atoms with van der Waals surface area (Å²) in [6.07, 6.45) is 4.85. The van der Waals surface area contributed by atoms with Crippen molar-refractivity contribution in [2.75, 3.05) is 6.61 Å². The summed E-state index contributed by atoms with van der Waals surface area (Å²) in [4.78, 5) is 11.4. The van der Waals surface area contributed by atoms with E-state index in [-0.39, 0.29) is 10.8 Å². The van der Waals surface area contributed by atoms with Crippen LogP contribution in [-0.2, 0) is 9.53 Å². The fourth-order valence-electron chi connectivity index (χ4n) is 2.16. The largest absolute Gasteiger partial charge is 0.465 e. The predicted octanol–water partition coefficient (Wildman–Crippen LogP) is 3.14. The van der Waals surface area contributed by atoms with Gasteiger partial charge < -0.3 is 4.74 Å². The molecule has 0 amide bonds. The Morgan fingerprint density at radius 3 is 2.86 bits per heavy atom. The van der Waals surface area contributed by atoms with Crippen molar-refractivity contribution in [1.29, 1.82) is 0 Å². The quantitative estimate of drug-likeness (QED) is 0.577. The van der Waals surface area contributed by atoms with E-state index in [1.54, 1.807) is 0 Å². The number of esters is 1. The van der Waals surface area contributed by atoms with Gasteiger partial charge in [0.25, 0.3) is 0 Å². The lowest BCUT2D eigenvalue weighted by Gasteiger charge is -2.29. The van der Waals surface area contributed by atoms with E-state index in [0.717, 1.165) is 18.8 Å². The van der Waals surface area contributed by atoms with Crippen LogP contribution in [0.2, 0.25) is 0 Å². The van der Waals surface area contributed by atoms with Crippen molar-refractivity contribution in [3.8, 4) is 0 Å². The fraction of sp³-hybridized carbons (Fsp3) is 0.909. The lowest BCUT2D eigenvalue weighted by Crippen LogP contribution is -2.29. The van der Waals surface area contributed by atoms with Gasteiger partial charge in [-0.2, -0.15) is 0 Å².